The van der Waals surface area contributed by atoms with Gasteiger partial charge in [0.05, 0.1) is 5.52 Å². The van der Waals surface area contributed by atoms with E-state index in [9.17, 15) is 4.79 Å². The SMILES string of the molecule is CCC1CCC(C(=O)c2ccc3ncccc3c2)C1. The standard InChI is InChI=1S/C17H19NO/c1-2-12-5-6-14(10-12)17(19)15-7-8-16-13(11-15)4-3-9-18-16/h3-4,7-9,11-12,14H,2,5-6,10H2,1H3. The lowest BCUT2D eigenvalue weighted by molar-refractivity contribution is 0.0920. The number of pyridine rings is 1. The van der Waals surface area contributed by atoms with Crippen molar-refractivity contribution in [1.29, 1.82) is 0 Å². The molecule has 1 aromatic carbocycles. The molecule has 0 spiro atoms. The van der Waals surface area contributed by atoms with Crippen molar-refractivity contribution in [3.63, 3.8) is 0 Å². The number of rotatable bonds is 3. The van der Waals surface area contributed by atoms with Gasteiger partial charge in [0.15, 0.2) is 5.78 Å². The van der Waals surface area contributed by atoms with Crippen LogP contribution in [0, 0.1) is 11.8 Å². The van der Waals surface area contributed by atoms with E-state index in [1.807, 2.05) is 30.3 Å². The molecule has 1 heterocycles. The van der Waals surface area contributed by atoms with Crippen molar-refractivity contribution < 1.29 is 4.79 Å². The fourth-order valence-electron chi connectivity index (χ4n) is 3.15. The van der Waals surface area contributed by atoms with Gasteiger partial charge in [-0.2, -0.15) is 0 Å². The number of Topliss-reactive ketones (excluding diaryl/α,β-unsaturated/α-hetero) is 1. The first-order valence-corrected chi connectivity index (χ1v) is 7.17. The Morgan fingerprint density at radius 3 is 3.00 bits per heavy atom. The number of aromatic nitrogens is 1. The van der Waals surface area contributed by atoms with Crippen molar-refractivity contribution in [3.05, 3.63) is 42.1 Å². The van der Waals surface area contributed by atoms with Gasteiger partial charge in [0, 0.05) is 23.1 Å². The lowest BCUT2D eigenvalue weighted by Gasteiger charge is -2.10. The summed E-state index contributed by atoms with van der Waals surface area (Å²) >= 11 is 0. The van der Waals surface area contributed by atoms with Gasteiger partial charge in [0.1, 0.15) is 0 Å². The van der Waals surface area contributed by atoms with Gasteiger partial charge in [0.2, 0.25) is 0 Å². The van der Waals surface area contributed by atoms with Gasteiger partial charge in [0.25, 0.3) is 0 Å². The second-order valence-corrected chi connectivity index (χ2v) is 5.56. The zero-order chi connectivity index (χ0) is 13.2. The van der Waals surface area contributed by atoms with Crippen LogP contribution in [0.15, 0.2) is 36.5 Å². The van der Waals surface area contributed by atoms with E-state index in [0.717, 1.165) is 35.2 Å². The molecule has 1 aliphatic carbocycles. The van der Waals surface area contributed by atoms with Crippen LogP contribution in [0.5, 0.6) is 0 Å². The minimum atomic E-state index is 0.235. The summed E-state index contributed by atoms with van der Waals surface area (Å²) in [7, 11) is 0. The van der Waals surface area contributed by atoms with Gasteiger partial charge < -0.3 is 0 Å². The topological polar surface area (TPSA) is 30.0 Å². The Kier molecular flexibility index (Phi) is 3.33. The lowest BCUT2D eigenvalue weighted by atomic mass is 9.94. The van der Waals surface area contributed by atoms with Gasteiger partial charge in [-0.05, 0) is 49.4 Å². The Labute approximate surface area is 113 Å². The predicted octanol–water partition coefficient (Wildman–Crippen LogP) is 4.24. The Morgan fingerprint density at radius 2 is 2.21 bits per heavy atom. The van der Waals surface area contributed by atoms with Crippen molar-refractivity contribution in [1.82, 2.24) is 4.98 Å². The van der Waals surface area contributed by atoms with Gasteiger partial charge >= 0.3 is 0 Å². The minimum absolute atomic E-state index is 0.235. The molecule has 1 aromatic heterocycles. The maximum absolute atomic E-state index is 12.5. The number of ketones is 1. The van der Waals surface area contributed by atoms with Crippen LogP contribution in [0.4, 0.5) is 0 Å². The number of nitrogens with zero attached hydrogens (tertiary/aromatic N) is 1. The molecule has 3 rings (SSSR count). The van der Waals surface area contributed by atoms with Crippen LogP contribution in [0.25, 0.3) is 10.9 Å². The van der Waals surface area contributed by atoms with Crippen LogP contribution < -0.4 is 0 Å². The molecule has 1 saturated carbocycles. The molecule has 98 valence electrons. The first kappa shape index (κ1) is 12.3. The summed E-state index contributed by atoms with van der Waals surface area (Å²) in [6.45, 7) is 2.22. The molecular formula is C17H19NO. The molecule has 1 aliphatic rings. The third-order valence-electron chi connectivity index (χ3n) is 4.38. The van der Waals surface area contributed by atoms with Crippen LogP contribution in [0.2, 0.25) is 0 Å². The molecule has 1 fully saturated rings. The summed E-state index contributed by atoms with van der Waals surface area (Å²) in [5.74, 6) is 1.30. The Morgan fingerprint density at radius 1 is 1.32 bits per heavy atom. The van der Waals surface area contributed by atoms with Crippen LogP contribution in [-0.4, -0.2) is 10.8 Å². The highest BCUT2D eigenvalue weighted by atomic mass is 16.1. The molecule has 0 amide bonds. The van der Waals surface area contributed by atoms with Gasteiger partial charge in [-0.15, -0.1) is 0 Å². The first-order valence-electron chi connectivity index (χ1n) is 7.17. The van der Waals surface area contributed by atoms with Gasteiger partial charge in [-0.25, -0.2) is 0 Å². The molecular weight excluding hydrogens is 234 g/mol. The number of fused-ring (bicyclic) bond motifs is 1. The average molecular weight is 253 g/mol. The Bertz CT molecular complexity index is 605. The molecule has 2 aromatic rings. The zero-order valence-corrected chi connectivity index (χ0v) is 11.3. The monoisotopic (exact) mass is 253 g/mol. The zero-order valence-electron chi connectivity index (χ0n) is 11.3. The quantitative estimate of drug-likeness (QED) is 0.766. The molecule has 0 saturated heterocycles. The number of benzene rings is 1. The summed E-state index contributed by atoms with van der Waals surface area (Å²) in [5.41, 5.74) is 1.80. The lowest BCUT2D eigenvalue weighted by Crippen LogP contribution is -2.11. The van der Waals surface area contributed by atoms with E-state index in [2.05, 4.69) is 11.9 Å². The molecule has 2 atom stereocenters. The third-order valence-corrected chi connectivity index (χ3v) is 4.38. The Hall–Kier alpha value is -1.70. The second kappa shape index (κ2) is 5.12. The maximum atomic E-state index is 12.5. The van der Waals surface area contributed by atoms with Crippen molar-refractivity contribution in [2.24, 2.45) is 11.8 Å². The number of carbonyl (C=O) groups excluding carboxylic acids is 1. The molecule has 0 N–H and O–H groups in total. The van der Waals surface area contributed by atoms with Crippen LogP contribution in [0.3, 0.4) is 0 Å². The summed E-state index contributed by atoms with van der Waals surface area (Å²) in [6.07, 6.45) is 6.32. The first-order chi connectivity index (χ1) is 9.28. The fourth-order valence-corrected chi connectivity index (χ4v) is 3.15. The van der Waals surface area contributed by atoms with Crippen molar-refractivity contribution in [2.45, 2.75) is 32.6 Å². The van der Waals surface area contributed by atoms with Crippen molar-refractivity contribution in [3.8, 4) is 0 Å². The maximum Gasteiger partial charge on any atom is 0.165 e. The molecule has 2 nitrogen and oxygen atoms in total. The van der Waals surface area contributed by atoms with Gasteiger partial charge in [-0.3, -0.25) is 9.78 Å². The molecule has 0 bridgehead atoms. The van der Waals surface area contributed by atoms with Crippen molar-refractivity contribution in [2.75, 3.05) is 0 Å². The largest absolute Gasteiger partial charge is 0.294 e. The molecule has 2 unspecified atom stereocenters. The van der Waals surface area contributed by atoms with Crippen molar-refractivity contribution >= 4 is 16.7 Å². The Balaban J connectivity index is 1.85. The van der Waals surface area contributed by atoms with E-state index in [-0.39, 0.29) is 5.92 Å². The van der Waals surface area contributed by atoms with Crippen LogP contribution in [0.1, 0.15) is 43.0 Å². The van der Waals surface area contributed by atoms with E-state index in [1.54, 1.807) is 6.20 Å². The number of hydrogen-bond acceptors (Lipinski definition) is 2. The fraction of sp³-hybridized carbons (Fsp3) is 0.412. The smallest absolute Gasteiger partial charge is 0.165 e. The summed E-state index contributed by atoms with van der Waals surface area (Å²) < 4.78 is 0. The van der Waals surface area contributed by atoms with Crippen LogP contribution in [-0.2, 0) is 0 Å². The number of carbonyl (C=O) groups is 1. The average Bonchev–Trinajstić information content (AvgIpc) is 2.95. The van der Waals surface area contributed by atoms with Crippen LogP contribution >= 0.6 is 0 Å². The van der Waals surface area contributed by atoms with E-state index in [1.165, 1.54) is 12.8 Å². The number of hydrogen-bond donors (Lipinski definition) is 0. The summed E-state index contributed by atoms with van der Waals surface area (Å²) in [6, 6.07) is 9.80. The second-order valence-electron chi connectivity index (χ2n) is 5.56. The van der Waals surface area contributed by atoms with E-state index >= 15 is 0 Å². The summed E-state index contributed by atoms with van der Waals surface area (Å²) in [4.78, 5) is 16.8. The van der Waals surface area contributed by atoms with E-state index in [0.29, 0.717) is 5.78 Å². The normalized spacial score (nSPS) is 22.8. The minimum Gasteiger partial charge on any atom is -0.294 e. The molecule has 0 aliphatic heterocycles. The van der Waals surface area contributed by atoms with E-state index < -0.39 is 0 Å². The third kappa shape index (κ3) is 2.40. The van der Waals surface area contributed by atoms with Gasteiger partial charge in [-0.1, -0.05) is 19.4 Å². The predicted molar refractivity (Wildman–Crippen MR) is 77.2 cm³/mol. The van der Waals surface area contributed by atoms with E-state index in [4.69, 9.17) is 0 Å². The highest BCUT2D eigenvalue weighted by molar-refractivity contribution is 6.00. The highest BCUT2D eigenvalue weighted by Gasteiger charge is 2.29. The molecule has 19 heavy (non-hydrogen) atoms. The molecule has 0 radical (unpaired) electrons. The summed E-state index contributed by atoms with van der Waals surface area (Å²) in [5, 5.41) is 1.05. The highest BCUT2D eigenvalue weighted by Crippen LogP contribution is 2.35. The molecule has 2 heteroatoms.